The van der Waals surface area contributed by atoms with E-state index in [0.717, 1.165) is 11.1 Å². The number of nitrogens with one attached hydrogen (secondary N) is 1. The van der Waals surface area contributed by atoms with Crippen LogP contribution in [0, 0.1) is 5.82 Å². The SMILES string of the molecule is CC(=O)N(Cc1ccc(F)cc1)[C@@H](Cc1ccccc1)C(=O)NCCCO. The lowest BCUT2D eigenvalue weighted by Crippen LogP contribution is -2.50. The summed E-state index contributed by atoms with van der Waals surface area (Å²) in [5, 5.41) is 11.7. The van der Waals surface area contributed by atoms with E-state index in [2.05, 4.69) is 5.32 Å². The molecule has 144 valence electrons. The van der Waals surface area contributed by atoms with E-state index in [-0.39, 0.29) is 30.8 Å². The molecular formula is C21H25FN2O3. The van der Waals surface area contributed by atoms with Crippen LogP contribution in [0.15, 0.2) is 54.6 Å². The van der Waals surface area contributed by atoms with Gasteiger partial charge in [-0.25, -0.2) is 4.39 Å². The fourth-order valence-corrected chi connectivity index (χ4v) is 2.82. The molecule has 6 heteroatoms. The highest BCUT2D eigenvalue weighted by molar-refractivity contribution is 5.87. The van der Waals surface area contributed by atoms with Gasteiger partial charge in [0.05, 0.1) is 0 Å². The first kappa shape index (κ1) is 20.6. The highest BCUT2D eigenvalue weighted by atomic mass is 19.1. The Kier molecular flexibility index (Phi) is 7.95. The van der Waals surface area contributed by atoms with Crippen LogP contribution < -0.4 is 5.32 Å². The van der Waals surface area contributed by atoms with Crippen LogP contribution >= 0.6 is 0 Å². The Hall–Kier alpha value is -2.73. The molecule has 27 heavy (non-hydrogen) atoms. The van der Waals surface area contributed by atoms with Gasteiger partial charge in [0, 0.05) is 33.0 Å². The Labute approximate surface area is 158 Å². The van der Waals surface area contributed by atoms with Gasteiger partial charge in [0.2, 0.25) is 11.8 Å². The summed E-state index contributed by atoms with van der Waals surface area (Å²) in [4.78, 5) is 26.6. The molecule has 0 aliphatic rings. The van der Waals surface area contributed by atoms with Crippen molar-refractivity contribution >= 4 is 11.8 Å². The number of nitrogens with zero attached hydrogens (tertiary/aromatic N) is 1. The van der Waals surface area contributed by atoms with Crippen molar-refractivity contribution < 1.29 is 19.1 Å². The Balaban J connectivity index is 2.23. The Bertz CT molecular complexity index is 735. The van der Waals surface area contributed by atoms with E-state index in [4.69, 9.17) is 5.11 Å². The summed E-state index contributed by atoms with van der Waals surface area (Å²) in [5.41, 5.74) is 1.68. The van der Waals surface area contributed by atoms with Gasteiger partial charge in [0.15, 0.2) is 0 Å². The number of hydrogen-bond acceptors (Lipinski definition) is 3. The predicted molar refractivity (Wildman–Crippen MR) is 101 cm³/mol. The number of carbonyl (C=O) groups excluding carboxylic acids is 2. The molecule has 2 aromatic carbocycles. The molecule has 1 atom stereocenters. The predicted octanol–water partition coefficient (Wildman–Crippen LogP) is 2.28. The van der Waals surface area contributed by atoms with Gasteiger partial charge in [0.25, 0.3) is 0 Å². The average molecular weight is 372 g/mol. The van der Waals surface area contributed by atoms with Crippen molar-refractivity contribution in [2.45, 2.75) is 32.4 Å². The van der Waals surface area contributed by atoms with Gasteiger partial charge < -0.3 is 15.3 Å². The first-order chi connectivity index (χ1) is 13.0. The summed E-state index contributed by atoms with van der Waals surface area (Å²) < 4.78 is 13.2. The van der Waals surface area contributed by atoms with E-state index in [1.165, 1.54) is 24.0 Å². The van der Waals surface area contributed by atoms with Crippen molar-refractivity contribution in [3.63, 3.8) is 0 Å². The highest BCUT2D eigenvalue weighted by Crippen LogP contribution is 2.15. The summed E-state index contributed by atoms with van der Waals surface area (Å²) >= 11 is 0. The monoisotopic (exact) mass is 372 g/mol. The third-order valence-electron chi connectivity index (χ3n) is 4.26. The second kappa shape index (κ2) is 10.4. The minimum absolute atomic E-state index is 0.0182. The minimum atomic E-state index is -0.700. The first-order valence-corrected chi connectivity index (χ1v) is 8.95. The highest BCUT2D eigenvalue weighted by Gasteiger charge is 2.28. The summed E-state index contributed by atoms with van der Waals surface area (Å²) in [7, 11) is 0. The molecule has 0 aliphatic carbocycles. The summed E-state index contributed by atoms with van der Waals surface area (Å²) in [6.07, 6.45) is 0.814. The van der Waals surface area contributed by atoms with E-state index in [1.54, 1.807) is 12.1 Å². The zero-order valence-corrected chi connectivity index (χ0v) is 15.4. The number of aliphatic hydroxyl groups is 1. The number of hydrogen-bond donors (Lipinski definition) is 2. The van der Waals surface area contributed by atoms with Gasteiger partial charge in [-0.1, -0.05) is 42.5 Å². The van der Waals surface area contributed by atoms with E-state index in [1.807, 2.05) is 30.3 Å². The van der Waals surface area contributed by atoms with Gasteiger partial charge in [-0.15, -0.1) is 0 Å². The van der Waals surface area contributed by atoms with Crippen LogP contribution in [-0.4, -0.2) is 41.0 Å². The molecule has 0 heterocycles. The fourth-order valence-electron chi connectivity index (χ4n) is 2.82. The minimum Gasteiger partial charge on any atom is -0.396 e. The molecule has 0 unspecified atom stereocenters. The van der Waals surface area contributed by atoms with Gasteiger partial charge in [0.1, 0.15) is 11.9 Å². The number of rotatable bonds is 9. The van der Waals surface area contributed by atoms with Crippen molar-refractivity contribution in [3.8, 4) is 0 Å². The number of amides is 2. The quantitative estimate of drug-likeness (QED) is 0.664. The standard InChI is InChI=1S/C21H25FN2O3/c1-16(26)24(15-18-8-10-19(22)11-9-18)20(21(27)23-12-5-13-25)14-17-6-3-2-4-7-17/h2-4,6-11,20,25H,5,12-15H2,1H3,(H,23,27)/t20-/m0/s1. The van der Waals surface area contributed by atoms with Gasteiger partial charge in [-0.2, -0.15) is 0 Å². The van der Waals surface area contributed by atoms with Crippen molar-refractivity contribution in [1.29, 1.82) is 0 Å². The zero-order chi connectivity index (χ0) is 19.6. The largest absolute Gasteiger partial charge is 0.396 e. The molecule has 2 rings (SSSR count). The van der Waals surface area contributed by atoms with Crippen LogP contribution in [-0.2, 0) is 22.6 Å². The topological polar surface area (TPSA) is 69.6 Å². The van der Waals surface area contributed by atoms with Crippen LogP contribution in [0.1, 0.15) is 24.5 Å². The molecule has 2 amide bonds. The van der Waals surface area contributed by atoms with E-state index in [0.29, 0.717) is 19.4 Å². The molecule has 5 nitrogen and oxygen atoms in total. The smallest absolute Gasteiger partial charge is 0.243 e. The van der Waals surface area contributed by atoms with E-state index in [9.17, 15) is 14.0 Å². The molecular weight excluding hydrogens is 347 g/mol. The maximum absolute atomic E-state index is 13.2. The number of halogens is 1. The molecule has 0 aliphatic heterocycles. The second-order valence-corrected chi connectivity index (χ2v) is 6.35. The van der Waals surface area contributed by atoms with Crippen LogP contribution in [0.25, 0.3) is 0 Å². The molecule has 0 bridgehead atoms. The molecule has 2 N–H and O–H groups in total. The van der Waals surface area contributed by atoms with Crippen LogP contribution in [0.5, 0.6) is 0 Å². The molecule has 0 fully saturated rings. The Morgan fingerprint density at radius 1 is 1.07 bits per heavy atom. The zero-order valence-electron chi connectivity index (χ0n) is 15.4. The maximum Gasteiger partial charge on any atom is 0.243 e. The van der Waals surface area contributed by atoms with Crippen LogP contribution in [0.4, 0.5) is 4.39 Å². The molecule has 0 saturated carbocycles. The van der Waals surface area contributed by atoms with Crippen molar-refractivity contribution in [2.75, 3.05) is 13.2 Å². The Morgan fingerprint density at radius 2 is 1.74 bits per heavy atom. The normalized spacial score (nSPS) is 11.7. The number of carbonyl (C=O) groups is 2. The van der Waals surface area contributed by atoms with Crippen LogP contribution in [0.3, 0.4) is 0 Å². The third-order valence-corrected chi connectivity index (χ3v) is 4.26. The summed E-state index contributed by atoms with van der Waals surface area (Å²) in [6.45, 7) is 1.95. The van der Waals surface area contributed by atoms with Crippen molar-refractivity contribution in [1.82, 2.24) is 10.2 Å². The van der Waals surface area contributed by atoms with Crippen LogP contribution in [0.2, 0.25) is 0 Å². The average Bonchev–Trinajstić information content (AvgIpc) is 2.66. The molecule has 2 aromatic rings. The lowest BCUT2D eigenvalue weighted by molar-refractivity contribution is -0.139. The van der Waals surface area contributed by atoms with Gasteiger partial charge >= 0.3 is 0 Å². The first-order valence-electron chi connectivity index (χ1n) is 8.95. The fraction of sp³-hybridized carbons (Fsp3) is 0.333. The molecule has 0 saturated heterocycles. The second-order valence-electron chi connectivity index (χ2n) is 6.35. The van der Waals surface area contributed by atoms with Crippen molar-refractivity contribution in [2.24, 2.45) is 0 Å². The van der Waals surface area contributed by atoms with E-state index < -0.39 is 6.04 Å². The maximum atomic E-state index is 13.2. The number of benzene rings is 2. The number of aliphatic hydroxyl groups excluding tert-OH is 1. The lowest BCUT2D eigenvalue weighted by Gasteiger charge is -2.30. The summed E-state index contributed by atoms with van der Waals surface area (Å²) in [6, 6.07) is 14.7. The summed E-state index contributed by atoms with van der Waals surface area (Å²) in [5.74, 6) is -0.863. The lowest BCUT2D eigenvalue weighted by atomic mass is 10.0. The van der Waals surface area contributed by atoms with Gasteiger partial charge in [-0.3, -0.25) is 9.59 Å². The third kappa shape index (κ3) is 6.49. The molecule has 0 radical (unpaired) electrons. The molecule has 0 aromatic heterocycles. The van der Waals surface area contributed by atoms with E-state index >= 15 is 0 Å². The molecule has 0 spiro atoms. The Morgan fingerprint density at radius 3 is 2.33 bits per heavy atom. The van der Waals surface area contributed by atoms with Crippen molar-refractivity contribution in [3.05, 3.63) is 71.5 Å². The van der Waals surface area contributed by atoms with Gasteiger partial charge in [-0.05, 0) is 29.7 Å².